The fourth-order valence-electron chi connectivity index (χ4n) is 4.62. The molecule has 0 aliphatic carbocycles. The summed E-state index contributed by atoms with van der Waals surface area (Å²) < 4.78 is 25.6. The fourth-order valence-corrected chi connectivity index (χ4v) is 4.78. The first-order chi connectivity index (χ1) is 15.2. The van der Waals surface area contributed by atoms with Crippen LogP contribution in [0.15, 0.2) is 36.4 Å². The number of hydrogen-bond donors (Lipinski definition) is 1. The molecule has 0 saturated carbocycles. The lowest BCUT2D eigenvalue weighted by Crippen LogP contribution is -2.45. The molecule has 32 heavy (non-hydrogen) atoms. The predicted octanol–water partition coefficient (Wildman–Crippen LogP) is 5.12. The average molecular weight is 461 g/mol. The van der Waals surface area contributed by atoms with Gasteiger partial charge in [0.05, 0.1) is 13.2 Å². The highest BCUT2D eigenvalue weighted by Gasteiger charge is 2.36. The van der Waals surface area contributed by atoms with Gasteiger partial charge in [0.2, 0.25) is 5.91 Å². The summed E-state index contributed by atoms with van der Waals surface area (Å²) in [5.74, 6) is 1.26. The van der Waals surface area contributed by atoms with Gasteiger partial charge in [0.25, 0.3) is 0 Å². The van der Waals surface area contributed by atoms with Crippen molar-refractivity contribution in [3.8, 4) is 11.5 Å². The molecule has 2 aromatic carbocycles. The van der Waals surface area contributed by atoms with E-state index in [-0.39, 0.29) is 29.3 Å². The Hall–Kier alpha value is -2.31. The highest BCUT2D eigenvalue weighted by molar-refractivity contribution is 6.30. The Bertz CT molecular complexity index is 989. The van der Waals surface area contributed by atoms with Crippen LogP contribution < -0.4 is 14.8 Å². The van der Waals surface area contributed by atoms with Crippen LogP contribution in [0.4, 0.5) is 4.39 Å². The molecule has 0 radical (unpaired) electrons. The number of ether oxygens (including phenoxy) is 2. The SMILES string of the molecule is COc1ccc2c(c1)[C@@H](NC(=O)C1CCN(Cc3ccc(Cl)cc3F)CC1)CC(C)(C)O2. The molecule has 172 valence electrons. The Morgan fingerprint density at radius 3 is 2.69 bits per heavy atom. The lowest BCUT2D eigenvalue weighted by molar-refractivity contribution is -0.127. The second-order valence-corrected chi connectivity index (χ2v) is 9.75. The second kappa shape index (κ2) is 9.28. The monoisotopic (exact) mass is 460 g/mol. The smallest absolute Gasteiger partial charge is 0.223 e. The van der Waals surface area contributed by atoms with E-state index in [0.717, 1.165) is 43.0 Å². The number of fused-ring (bicyclic) bond motifs is 1. The highest BCUT2D eigenvalue weighted by Crippen LogP contribution is 2.41. The van der Waals surface area contributed by atoms with E-state index in [9.17, 15) is 9.18 Å². The molecule has 1 fully saturated rings. The zero-order valence-electron chi connectivity index (χ0n) is 18.8. The maximum absolute atomic E-state index is 14.1. The van der Waals surface area contributed by atoms with Crippen molar-refractivity contribution in [3.63, 3.8) is 0 Å². The summed E-state index contributed by atoms with van der Waals surface area (Å²) in [5, 5.41) is 3.66. The van der Waals surface area contributed by atoms with E-state index in [1.54, 1.807) is 19.2 Å². The number of likely N-dealkylation sites (tertiary alicyclic amines) is 1. The van der Waals surface area contributed by atoms with Crippen molar-refractivity contribution in [1.29, 1.82) is 0 Å². The minimum absolute atomic E-state index is 0.0543. The van der Waals surface area contributed by atoms with E-state index >= 15 is 0 Å². The van der Waals surface area contributed by atoms with Gasteiger partial charge in [-0.1, -0.05) is 17.7 Å². The summed E-state index contributed by atoms with van der Waals surface area (Å²) in [4.78, 5) is 15.3. The topological polar surface area (TPSA) is 50.8 Å². The van der Waals surface area contributed by atoms with Crippen LogP contribution in [-0.4, -0.2) is 36.6 Å². The van der Waals surface area contributed by atoms with E-state index < -0.39 is 0 Å². The molecular weight excluding hydrogens is 431 g/mol. The van der Waals surface area contributed by atoms with Crippen LogP contribution >= 0.6 is 11.6 Å². The van der Waals surface area contributed by atoms with E-state index in [1.807, 2.05) is 32.0 Å². The molecule has 0 unspecified atom stereocenters. The standard InChI is InChI=1S/C25H30ClFN2O3/c1-25(2)14-22(20-13-19(31-3)6-7-23(20)32-25)28-24(30)16-8-10-29(11-9-16)15-17-4-5-18(26)12-21(17)27/h4-7,12-13,16,22H,8-11,14-15H2,1-3H3,(H,28,30)/t22-/m0/s1. The molecule has 2 aliphatic rings. The lowest BCUT2D eigenvalue weighted by atomic mass is 9.88. The number of carbonyl (C=O) groups excluding carboxylic acids is 1. The molecule has 1 amide bonds. The number of rotatable bonds is 5. The van der Waals surface area contributed by atoms with Gasteiger partial charge in [-0.05, 0) is 70.1 Å². The highest BCUT2D eigenvalue weighted by atomic mass is 35.5. The molecule has 0 bridgehead atoms. The number of amides is 1. The van der Waals surface area contributed by atoms with Gasteiger partial charge < -0.3 is 14.8 Å². The van der Waals surface area contributed by atoms with Crippen molar-refractivity contribution in [3.05, 3.63) is 58.4 Å². The van der Waals surface area contributed by atoms with Crippen LogP contribution in [0.2, 0.25) is 5.02 Å². The van der Waals surface area contributed by atoms with E-state index in [1.165, 1.54) is 6.07 Å². The molecule has 2 aromatic rings. The van der Waals surface area contributed by atoms with Gasteiger partial charge in [-0.2, -0.15) is 0 Å². The third kappa shape index (κ3) is 5.18. The van der Waals surface area contributed by atoms with Crippen LogP contribution in [-0.2, 0) is 11.3 Å². The van der Waals surface area contributed by atoms with Crippen LogP contribution in [0.1, 0.15) is 50.3 Å². The van der Waals surface area contributed by atoms with Crippen LogP contribution in [0.5, 0.6) is 11.5 Å². The van der Waals surface area contributed by atoms with Gasteiger partial charge >= 0.3 is 0 Å². The Kier molecular flexibility index (Phi) is 6.63. The van der Waals surface area contributed by atoms with E-state index in [2.05, 4.69) is 10.2 Å². The number of benzene rings is 2. The maximum Gasteiger partial charge on any atom is 0.223 e. The van der Waals surface area contributed by atoms with Crippen LogP contribution in [0.25, 0.3) is 0 Å². The number of halogens is 2. The van der Waals surface area contributed by atoms with Crippen LogP contribution in [0.3, 0.4) is 0 Å². The molecule has 1 atom stereocenters. The number of nitrogens with zero attached hydrogens (tertiary/aromatic N) is 1. The number of nitrogens with one attached hydrogen (secondary N) is 1. The first-order valence-electron chi connectivity index (χ1n) is 11.1. The minimum atomic E-state index is -0.369. The number of carbonyl (C=O) groups is 1. The van der Waals surface area contributed by atoms with Crippen LogP contribution in [0, 0.1) is 11.7 Å². The Morgan fingerprint density at radius 1 is 1.25 bits per heavy atom. The zero-order valence-corrected chi connectivity index (χ0v) is 19.5. The Balaban J connectivity index is 1.38. The molecule has 2 heterocycles. The third-order valence-corrected chi connectivity index (χ3v) is 6.59. The van der Waals surface area contributed by atoms with Crippen molar-refractivity contribution in [2.75, 3.05) is 20.2 Å². The number of piperidine rings is 1. The van der Waals surface area contributed by atoms with Crippen molar-refractivity contribution >= 4 is 17.5 Å². The second-order valence-electron chi connectivity index (χ2n) is 9.32. The zero-order chi connectivity index (χ0) is 22.9. The Labute approximate surface area is 193 Å². The fraction of sp³-hybridized carbons (Fsp3) is 0.480. The molecule has 2 aliphatic heterocycles. The summed E-state index contributed by atoms with van der Waals surface area (Å²) in [6, 6.07) is 10.4. The van der Waals surface area contributed by atoms with Gasteiger partial charge in [-0.3, -0.25) is 9.69 Å². The van der Waals surface area contributed by atoms with Crippen molar-refractivity contribution in [2.24, 2.45) is 5.92 Å². The third-order valence-electron chi connectivity index (χ3n) is 6.36. The Morgan fingerprint density at radius 2 is 2.00 bits per heavy atom. The summed E-state index contributed by atoms with van der Waals surface area (Å²) >= 11 is 5.85. The molecule has 0 aromatic heterocycles. The number of methoxy groups -OCH3 is 1. The summed E-state index contributed by atoms with van der Waals surface area (Å²) in [7, 11) is 1.63. The average Bonchev–Trinajstić information content (AvgIpc) is 2.75. The first kappa shape index (κ1) is 22.9. The molecule has 1 N–H and O–H groups in total. The predicted molar refractivity (Wildman–Crippen MR) is 123 cm³/mol. The normalized spacial score (nSPS) is 20.8. The largest absolute Gasteiger partial charge is 0.497 e. The lowest BCUT2D eigenvalue weighted by Gasteiger charge is -2.39. The maximum atomic E-state index is 14.1. The molecular formula is C25H30ClFN2O3. The van der Waals surface area contributed by atoms with E-state index in [4.69, 9.17) is 21.1 Å². The van der Waals surface area contributed by atoms with Gasteiger partial charge in [-0.15, -0.1) is 0 Å². The molecule has 7 heteroatoms. The van der Waals surface area contributed by atoms with Gasteiger partial charge in [-0.25, -0.2) is 4.39 Å². The molecule has 1 saturated heterocycles. The van der Waals surface area contributed by atoms with Crippen molar-refractivity contribution in [2.45, 2.75) is 51.3 Å². The first-order valence-corrected chi connectivity index (χ1v) is 11.5. The van der Waals surface area contributed by atoms with Crippen molar-refractivity contribution in [1.82, 2.24) is 10.2 Å². The summed E-state index contributed by atoms with van der Waals surface area (Å²) in [6.07, 6.45) is 2.19. The van der Waals surface area contributed by atoms with Crippen molar-refractivity contribution < 1.29 is 18.7 Å². The number of hydrogen-bond acceptors (Lipinski definition) is 4. The van der Waals surface area contributed by atoms with Gasteiger partial charge in [0, 0.05) is 35.0 Å². The summed E-state index contributed by atoms with van der Waals surface area (Å²) in [6.45, 7) is 6.10. The van der Waals surface area contributed by atoms with Gasteiger partial charge in [0.1, 0.15) is 22.9 Å². The molecule has 5 nitrogen and oxygen atoms in total. The van der Waals surface area contributed by atoms with Gasteiger partial charge in [0.15, 0.2) is 0 Å². The summed E-state index contributed by atoms with van der Waals surface area (Å²) in [5.41, 5.74) is 1.21. The molecule has 4 rings (SSSR count). The van der Waals surface area contributed by atoms with E-state index in [0.29, 0.717) is 23.6 Å². The molecule has 0 spiro atoms. The quantitative estimate of drug-likeness (QED) is 0.673. The minimum Gasteiger partial charge on any atom is -0.497 e.